The molecule has 0 saturated heterocycles. The Labute approximate surface area is 123 Å². The number of pyridine rings is 1. The minimum atomic E-state index is -0.202. The molecule has 0 aliphatic heterocycles. The molecule has 0 aliphatic carbocycles. The van der Waals surface area contributed by atoms with Crippen LogP contribution in [-0.4, -0.2) is 22.6 Å². The molecule has 4 nitrogen and oxygen atoms in total. The van der Waals surface area contributed by atoms with Crippen LogP contribution >= 0.6 is 0 Å². The van der Waals surface area contributed by atoms with Crippen LogP contribution in [-0.2, 0) is 0 Å². The predicted octanol–water partition coefficient (Wildman–Crippen LogP) is 2.38. The van der Waals surface area contributed by atoms with E-state index in [2.05, 4.69) is 22.1 Å². The molecule has 0 spiro atoms. The molecule has 2 rings (SSSR count). The molecule has 0 aliphatic rings. The van der Waals surface area contributed by atoms with Crippen molar-refractivity contribution >= 4 is 11.7 Å². The van der Waals surface area contributed by atoms with Crippen molar-refractivity contribution in [2.45, 2.75) is 13.3 Å². The molecule has 0 radical (unpaired) electrons. The Balaban J connectivity index is 2.13. The van der Waals surface area contributed by atoms with Crippen LogP contribution in [0.25, 0.3) is 0 Å². The van der Waals surface area contributed by atoms with Crippen LogP contribution in [0.15, 0.2) is 42.6 Å². The minimum Gasteiger partial charge on any atom is -0.395 e. The number of anilines is 1. The molecular weight excluding hydrogens is 264 g/mol. The first-order valence-electron chi connectivity index (χ1n) is 6.63. The second-order valence-electron chi connectivity index (χ2n) is 4.47. The quantitative estimate of drug-likeness (QED) is 0.849. The van der Waals surface area contributed by atoms with Gasteiger partial charge >= 0.3 is 0 Å². The number of hydrogen-bond donors (Lipinski definition) is 2. The normalized spacial score (nSPS) is 9.62. The van der Waals surface area contributed by atoms with Crippen molar-refractivity contribution in [2.75, 3.05) is 11.9 Å². The largest absolute Gasteiger partial charge is 0.395 e. The summed E-state index contributed by atoms with van der Waals surface area (Å²) in [7, 11) is 0. The summed E-state index contributed by atoms with van der Waals surface area (Å²) in [6, 6.07) is 10.7. The number of nitrogens with zero attached hydrogens (tertiary/aromatic N) is 1. The van der Waals surface area contributed by atoms with E-state index >= 15 is 0 Å². The maximum atomic E-state index is 12.1. The van der Waals surface area contributed by atoms with Crippen LogP contribution in [0.4, 0.5) is 5.82 Å². The highest BCUT2D eigenvalue weighted by molar-refractivity contribution is 6.03. The molecule has 4 heteroatoms. The van der Waals surface area contributed by atoms with Gasteiger partial charge in [-0.3, -0.25) is 4.79 Å². The Morgan fingerprint density at radius 2 is 2.19 bits per heavy atom. The number of aromatic nitrogens is 1. The number of aryl methyl sites for hydroxylation is 1. The molecule has 0 bridgehead atoms. The number of amides is 1. The first-order valence-corrected chi connectivity index (χ1v) is 6.63. The predicted molar refractivity (Wildman–Crippen MR) is 82.0 cm³/mol. The molecular formula is C17H16N2O2. The third kappa shape index (κ3) is 4.16. The number of carbonyl (C=O) groups excluding carboxylic acids is 1. The number of aliphatic hydroxyl groups excluding tert-OH is 1. The van der Waals surface area contributed by atoms with Crippen molar-refractivity contribution in [1.82, 2.24) is 4.98 Å². The number of hydrogen-bond acceptors (Lipinski definition) is 3. The Kier molecular flexibility index (Phi) is 5.08. The molecule has 1 aromatic heterocycles. The Bertz CT molecular complexity index is 685. The van der Waals surface area contributed by atoms with Gasteiger partial charge in [0.05, 0.1) is 6.61 Å². The van der Waals surface area contributed by atoms with Crippen LogP contribution < -0.4 is 5.32 Å². The molecule has 2 N–H and O–H groups in total. The van der Waals surface area contributed by atoms with Crippen LogP contribution in [0.5, 0.6) is 0 Å². The van der Waals surface area contributed by atoms with Gasteiger partial charge in [0.1, 0.15) is 5.82 Å². The third-order valence-electron chi connectivity index (χ3n) is 2.85. The fraction of sp³-hybridized carbons (Fsp3) is 0.176. The monoisotopic (exact) mass is 280 g/mol. The Morgan fingerprint density at radius 1 is 1.33 bits per heavy atom. The number of nitrogens with one attached hydrogen (secondary N) is 1. The van der Waals surface area contributed by atoms with Gasteiger partial charge in [-0.05, 0) is 42.8 Å². The van der Waals surface area contributed by atoms with Gasteiger partial charge in [0.2, 0.25) is 0 Å². The first-order chi connectivity index (χ1) is 10.2. The van der Waals surface area contributed by atoms with Gasteiger partial charge in [0.25, 0.3) is 5.91 Å². The van der Waals surface area contributed by atoms with Gasteiger partial charge in [-0.2, -0.15) is 0 Å². The van der Waals surface area contributed by atoms with E-state index < -0.39 is 0 Å². The number of carbonyl (C=O) groups is 1. The lowest BCUT2D eigenvalue weighted by molar-refractivity contribution is 0.102. The van der Waals surface area contributed by atoms with Crippen molar-refractivity contribution in [1.29, 1.82) is 0 Å². The number of aliphatic hydroxyl groups is 1. The van der Waals surface area contributed by atoms with E-state index in [9.17, 15) is 4.79 Å². The highest BCUT2D eigenvalue weighted by atomic mass is 16.2. The minimum absolute atomic E-state index is 0.0522. The second kappa shape index (κ2) is 7.22. The zero-order valence-electron chi connectivity index (χ0n) is 11.8. The molecule has 106 valence electrons. The highest BCUT2D eigenvalue weighted by Gasteiger charge is 2.07. The average Bonchev–Trinajstić information content (AvgIpc) is 2.50. The van der Waals surface area contributed by atoms with E-state index in [0.717, 1.165) is 11.1 Å². The summed E-state index contributed by atoms with van der Waals surface area (Å²) in [5.41, 5.74) is 2.35. The lowest BCUT2D eigenvalue weighted by atomic mass is 10.0. The van der Waals surface area contributed by atoms with Gasteiger partial charge in [0, 0.05) is 23.7 Å². The standard InChI is InChI=1S/C17H16N2O2/c1-13-12-15(9-8-14(13)6-3-5-11-20)17(21)19-16-7-2-4-10-18-16/h2,4,7-10,12,20H,5,11H2,1H3,(H,18,19,21). The summed E-state index contributed by atoms with van der Waals surface area (Å²) in [6.45, 7) is 1.96. The van der Waals surface area contributed by atoms with Crippen molar-refractivity contribution < 1.29 is 9.90 Å². The molecule has 1 aromatic carbocycles. The summed E-state index contributed by atoms with van der Waals surface area (Å²) in [6.07, 6.45) is 2.07. The van der Waals surface area contributed by atoms with E-state index in [1.54, 1.807) is 30.5 Å². The molecule has 0 atom stereocenters. The fourth-order valence-corrected chi connectivity index (χ4v) is 1.78. The van der Waals surface area contributed by atoms with Crippen LogP contribution in [0.2, 0.25) is 0 Å². The lowest BCUT2D eigenvalue weighted by Gasteiger charge is -2.06. The summed E-state index contributed by atoms with van der Waals surface area (Å²) >= 11 is 0. The first kappa shape index (κ1) is 14.8. The zero-order valence-corrected chi connectivity index (χ0v) is 11.8. The lowest BCUT2D eigenvalue weighted by Crippen LogP contribution is -2.13. The molecule has 0 saturated carbocycles. The van der Waals surface area contributed by atoms with Crippen LogP contribution in [0, 0.1) is 18.8 Å². The summed E-state index contributed by atoms with van der Waals surface area (Å²) < 4.78 is 0. The zero-order chi connectivity index (χ0) is 15.1. The van der Waals surface area contributed by atoms with Crippen LogP contribution in [0.1, 0.15) is 27.9 Å². The van der Waals surface area contributed by atoms with Crippen LogP contribution in [0.3, 0.4) is 0 Å². The van der Waals surface area contributed by atoms with E-state index in [0.29, 0.717) is 17.8 Å². The third-order valence-corrected chi connectivity index (χ3v) is 2.85. The highest BCUT2D eigenvalue weighted by Crippen LogP contribution is 2.12. The molecule has 0 fully saturated rings. The summed E-state index contributed by atoms with van der Waals surface area (Å²) in [4.78, 5) is 16.2. The second-order valence-corrected chi connectivity index (χ2v) is 4.47. The van der Waals surface area contributed by atoms with E-state index in [-0.39, 0.29) is 12.5 Å². The van der Waals surface area contributed by atoms with Crippen molar-refractivity contribution in [3.05, 3.63) is 59.3 Å². The van der Waals surface area contributed by atoms with Crippen molar-refractivity contribution in [3.63, 3.8) is 0 Å². The van der Waals surface area contributed by atoms with Gasteiger partial charge in [-0.1, -0.05) is 17.9 Å². The average molecular weight is 280 g/mol. The van der Waals surface area contributed by atoms with E-state index in [1.807, 2.05) is 19.1 Å². The number of rotatable bonds is 3. The maximum absolute atomic E-state index is 12.1. The van der Waals surface area contributed by atoms with Gasteiger partial charge in [0.15, 0.2) is 0 Å². The van der Waals surface area contributed by atoms with Crippen molar-refractivity contribution in [3.8, 4) is 11.8 Å². The van der Waals surface area contributed by atoms with Gasteiger partial charge in [-0.25, -0.2) is 4.98 Å². The topological polar surface area (TPSA) is 62.2 Å². The van der Waals surface area contributed by atoms with E-state index in [1.165, 1.54) is 0 Å². The van der Waals surface area contributed by atoms with Gasteiger partial charge < -0.3 is 10.4 Å². The van der Waals surface area contributed by atoms with Crippen molar-refractivity contribution in [2.24, 2.45) is 0 Å². The fourth-order valence-electron chi connectivity index (χ4n) is 1.78. The van der Waals surface area contributed by atoms with Gasteiger partial charge in [-0.15, -0.1) is 0 Å². The molecule has 1 amide bonds. The smallest absolute Gasteiger partial charge is 0.256 e. The molecule has 0 unspecified atom stereocenters. The summed E-state index contributed by atoms with van der Waals surface area (Å²) in [5.74, 6) is 6.16. The molecule has 21 heavy (non-hydrogen) atoms. The molecule has 1 heterocycles. The SMILES string of the molecule is Cc1cc(C(=O)Nc2ccccn2)ccc1C#CCCO. The summed E-state index contributed by atoms with van der Waals surface area (Å²) in [5, 5.41) is 11.4. The Morgan fingerprint density at radius 3 is 2.86 bits per heavy atom. The Hall–Kier alpha value is -2.64. The molecule has 2 aromatic rings. The van der Waals surface area contributed by atoms with E-state index in [4.69, 9.17) is 5.11 Å². The number of benzene rings is 1. The maximum Gasteiger partial charge on any atom is 0.256 e.